The van der Waals surface area contributed by atoms with E-state index in [1.165, 1.54) is 11.3 Å². The van der Waals surface area contributed by atoms with Gasteiger partial charge in [0.15, 0.2) is 0 Å². The molecule has 0 saturated carbocycles. The lowest BCUT2D eigenvalue weighted by Crippen LogP contribution is -2.31. The van der Waals surface area contributed by atoms with Gasteiger partial charge in [0.25, 0.3) is 11.7 Å². The van der Waals surface area contributed by atoms with Crippen molar-refractivity contribution in [3.8, 4) is 5.75 Å². The van der Waals surface area contributed by atoms with E-state index >= 15 is 0 Å². The number of likely N-dealkylation sites (tertiary alicyclic amines) is 1. The fraction of sp³-hybridized carbons (Fsp3) is 0.200. The van der Waals surface area contributed by atoms with Crippen LogP contribution in [0.1, 0.15) is 29.0 Å². The Morgan fingerprint density at radius 3 is 2.42 bits per heavy atom. The second-order valence-electron chi connectivity index (χ2n) is 7.20. The average Bonchev–Trinajstić information content (AvgIpc) is 3.41. The maximum Gasteiger partial charge on any atom is 0.295 e. The van der Waals surface area contributed by atoms with Crippen molar-refractivity contribution < 1.29 is 19.4 Å². The van der Waals surface area contributed by atoms with Gasteiger partial charge in [-0.3, -0.25) is 9.59 Å². The summed E-state index contributed by atoms with van der Waals surface area (Å²) in [6, 6.07) is 19.9. The van der Waals surface area contributed by atoms with E-state index in [1.807, 2.05) is 54.8 Å². The first-order chi connectivity index (χ1) is 15.1. The van der Waals surface area contributed by atoms with E-state index in [-0.39, 0.29) is 11.3 Å². The number of aliphatic hydroxyl groups is 1. The first-order valence-electron chi connectivity index (χ1n) is 10.2. The Hall–Kier alpha value is -3.38. The Kier molecular flexibility index (Phi) is 6.18. The predicted octanol–water partition coefficient (Wildman–Crippen LogP) is 4.81. The van der Waals surface area contributed by atoms with E-state index in [0.717, 1.165) is 10.4 Å². The third kappa shape index (κ3) is 4.25. The monoisotopic (exact) mass is 433 g/mol. The number of aliphatic hydroxyl groups excluding tert-OH is 1. The molecule has 5 nitrogen and oxygen atoms in total. The number of amides is 1. The number of hydrogen-bond acceptors (Lipinski definition) is 5. The lowest BCUT2D eigenvalue weighted by Gasteiger charge is -2.24. The Balaban J connectivity index is 1.71. The van der Waals surface area contributed by atoms with Crippen LogP contribution in [0.2, 0.25) is 0 Å². The maximum absolute atomic E-state index is 13.0. The SMILES string of the molecule is CCOc1ccc(/C(O)=C2\C(=O)C(=O)N(CCc3ccccc3)C2c2cccs2)cc1. The lowest BCUT2D eigenvalue weighted by molar-refractivity contribution is -0.139. The Labute approximate surface area is 185 Å². The van der Waals surface area contributed by atoms with Crippen LogP contribution in [-0.4, -0.2) is 34.8 Å². The highest BCUT2D eigenvalue weighted by atomic mass is 32.1. The Bertz CT molecular complexity index is 1090. The number of rotatable bonds is 7. The molecule has 0 bridgehead atoms. The zero-order valence-corrected chi connectivity index (χ0v) is 18.0. The number of Topliss-reactive ketones (excluding diaryl/α,β-unsaturated/α-hetero) is 1. The van der Waals surface area contributed by atoms with Crippen LogP contribution in [-0.2, 0) is 16.0 Å². The molecule has 0 spiro atoms. The largest absolute Gasteiger partial charge is 0.507 e. The summed E-state index contributed by atoms with van der Waals surface area (Å²) in [5.74, 6) is -0.723. The fourth-order valence-electron chi connectivity index (χ4n) is 3.78. The molecule has 1 aliphatic rings. The highest BCUT2D eigenvalue weighted by molar-refractivity contribution is 7.10. The molecule has 1 amide bonds. The van der Waals surface area contributed by atoms with Crippen LogP contribution in [0.4, 0.5) is 0 Å². The summed E-state index contributed by atoms with van der Waals surface area (Å²) < 4.78 is 5.45. The normalized spacial score (nSPS) is 17.8. The number of hydrogen-bond donors (Lipinski definition) is 1. The van der Waals surface area contributed by atoms with Gasteiger partial charge in [0.2, 0.25) is 0 Å². The van der Waals surface area contributed by atoms with Crippen molar-refractivity contribution in [1.82, 2.24) is 4.90 Å². The first kappa shape index (κ1) is 20.9. The molecule has 31 heavy (non-hydrogen) atoms. The summed E-state index contributed by atoms with van der Waals surface area (Å²) in [6.07, 6.45) is 0.624. The molecule has 2 aromatic carbocycles. The molecule has 1 aliphatic heterocycles. The smallest absolute Gasteiger partial charge is 0.295 e. The van der Waals surface area contributed by atoms with Crippen molar-refractivity contribution >= 4 is 28.8 Å². The van der Waals surface area contributed by atoms with Crippen molar-refractivity contribution in [2.24, 2.45) is 0 Å². The number of ether oxygens (including phenoxy) is 1. The van der Waals surface area contributed by atoms with Crippen molar-refractivity contribution in [2.45, 2.75) is 19.4 Å². The minimum atomic E-state index is -0.655. The van der Waals surface area contributed by atoms with Gasteiger partial charge < -0.3 is 14.7 Å². The van der Waals surface area contributed by atoms with Gasteiger partial charge in [0.1, 0.15) is 11.5 Å². The van der Waals surface area contributed by atoms with Crippen LogP contribution in [0.15, 0.2) is 77.7 Å². The quantitative estimate of drug-likeness (QED) is 0.330. The van der Waals surface area contributed by atoms with E-state index in [2.05, 4.69) is 0 Å². The topological polar surface area (TPSA) is 66.8 Å². The standard InChI is InChI=1S/C25H23NO4S/c1-2-30-19-12-10-18(11-13-19)23(27)21-22(20-9-6-16-31-20)26(25(29)24(21)28)15-14-17-7-4-3-5-8-17/h3-13,16,22,27H,2,14-15H2,1H3/b23-21+. The number of carbonyl (C=O) groups is 2. The summed E-state index contributed by atoms with van der Waals surface area (Å²) in [4.78, 5) is 28.3. The van der Waals surface area contributed by atoms with Gasteiger partial charge in [-0.1, -0.05) is 36.4 Å². The van der Waals surface area contributed by atoms with Gasteiger partial charge in [-0.25, -0.2) is 0 Å². The highest BCUT2D eigenvalue weighted by Crippen LogP contribution is 2.41. The van der Waals surface area contributed by atoms with Crippen molar-refractivity contribution in [2.75, 3.05) is 13.2 Å². The lowest BCUT2D eigenvalue weighted by atomic mass is 9.99. The van der Waals surface area contributed by atoms with Crippen molar-refractivity contribution in [3.05, 3.63) is 93.7 Å². The zero-order chi connectivity index (χ0) is 21.8. The summed E-state index contributed by atoms with van der Waals surface area (Å²) in [7, 11) is 0. The molecule has 0 radical (unpaired) electrons. The number of benzene rings is 2. The minimum absolute atomic E-state index is 0.129. The van der Waals surface area contributed by atoms with E-state index in [0.29, 0.717) is 30.9 Å². The molecule has 0 aliphatic carbocycles. The van der Waals surface area contributed by atoms with E-state index in [4.69, 9.17) is 4.74 Å². The summed E-state index contributed by atoms with van der Waals surface area (Å²) in [5, 5.41) is 13.0. The highest BCUT2D eigenvalue weighted by Gasteiger charge is 2.46. The summed E-state index contributed by atoms with van der Waals surface area (Å²) in [6.45, 7) is 2.82. The van der Waals surface area contributed by atoms with E-state index in [9.17, 15) is 14.7 Å². The molecular formula is C25H23NO4S. The predicted molar refractivity (Wildman–Crippen MR) is 121 cm³/mol. The molecule has 2 heterocycles. The second-order valence-corrected chi connectivity index (χ2v) is 8.18. The van der Waals surface area contributed by atoms with Gasteiger partial charge in [0.05, 0.1) is 18.2 Å². The fourth-order valence-corrected chi connectivity index (χ4v) is 4.62. The van der Waals surface area contributed by atoms with Crippen LogP contribution >= 0.6 is 11.3 Å². The zero-order valence-electron chi connectivity index (χ0n) is 17.2. The minimum Gasteiger partial charge on any atom is -0.507 e. The first-order valence-corrected chi connectivity index (χ1v) is 11.1. The number of ketones is 1. The van der Waals surface area contributed by atoms with Crippen LogP contribution in [0, 0.1) is 0 Å². The summed E-state index contributed by atoms with van der Waals surface area (Å²) in [5.41, 5.74) is 1.69. The molecular weight excluding hydrogens is 410 g/mol. The van der Waals surface area contributed by atoms with Gasteiger partial charge in [-0.15, -0.1) is 11.3 Å². The summed E-state index contributed by atoms with van der Waals surface area (Å²) >= 11 is 1.46. The third-order valence-electron chi connectivity index (χ3n) is 5.28. The molecule has 158 valence electrons. The third-order valence-corrected chi connectivity index (χ3v) is 6.20. The molecule has 1 aromatic heterocycles. The molecule has 4 rings (SSSR count). The number of thiophene rings is 1. The molecule has 1 unspecified atom stereocenters. The van der Waals surface area contributed by atoms with E-state index in [1.54, 1.807) is 29.2 Å². The maximum atomic E-state index is 13.0. The van der Waals surface area contributed by atoms with Crippen molar-refractivity contribution in [3.63, 3.8) is 0 Å². The second kappa shape index (κ2) is 9.18. The Morgan fingerprint density at radius 2 is 1.77 bits per heavy atom. The Morgan fingerprint density at radius 1 is 1.03 bits per heavy atom. The molecule has 1 atom stereocenters. The average molecular weight is 434 g/mol. The van der Waals surface area contributed by atoms with Gasteiger partial charge in [0, 0.05) is 17.0 Å². The van der Waals surface area contributed by atoms with Crippen LogP contribution in [0.3, 0.4) is 0 Å². The molecule has 1 fully saturated rings. The van der Waals surface area contributed by atoms with Gasteiger partial charge >= 0.3 is 0 Å². The van der Waals surface area contributed by atoms with Crippen LogP contribution in [0.25, 0.3) is 5.76 Å². The molecule has 6 heteroatoms. The van der Waals surface area contributed by atoms with Gasteiger partial charge in [-0.2, -0.15) is 0 Å². The molecule has 3 aromatic rings. The van der Waals surface area contributed by atoms with Gasteiger partial charge in [-0.05, 0) is 54.6 Å². The number of carbonyl (C=O) groups excluding carboxylic acids is 2. The van der Waals surface area contributed by atoms with Crippen molar-refractivity contribution in [1.29, 1.82) is 0 Å². The van der Waals surface area contributed by atoms with E-state index < -0.39 is 17.7 Å². The van der Waals surface area contributed by atoms with Crippen LogP contribution < -0.4 is 4.74 Å². The number of nitrogens with zero attached hydrogens (tertiary/aromatic N) is 1. The van der Waals surface area contributed by atoms with Crippen LogP contribution in [0.5, 0.6) is 5.75 Å². The molecule has 1 N–H and O–H groups in total. The molecule has 1 saturated heterocycles.